The molecule has 1 saturated heterocycles. The van der Waals surface area contributed by atoms with Gasteiger partial charge in [-0.3, -0.25) is 4.79 Å². The number of aliphatic hydroxyl groups is 1. The number of ether oxygens (including phenoxy) is 1. The summed E-state index contributed by atoms with van der Waals surface area (Å²) in [6, 6.07) is 16.5. The Labute approximate surface area is 208 Å². The number of epoxide rings is 1. The fourth-order valence-corrected chi connectivity index (χ4v) is 4.94. The van der Waals surface area contributed by atoms with E-state index in [1.54, 1.807) is 42.5 Å². The molecule has 1 fully saturated rings. The number of halogens is 1. The first-order valence-electron chi connectivity index (χ1n) is 11.3. The molecule has 5 aromatic rings. The van der Waals surface area contributed by atoms with Crippen molar-refractivity contribution >= 4 is 50.3 Å². The van der Waals surface area contributed by atoms with E-state index in [2.05, 4.69) is 0 Å². The van der Waals surface area contributed by atoms with Crippen LogP contribution in [0.2, 0.25) is 5.02 Å². The second kappa shape index (κ2) is 8.34. The van der Waals surface area contributed by atoms with E-state index < -0.39 is 12.3 Å². The highest BCUT2D eigenvalue weighted by atomic mass is 35.5. The van der Waals surface area contributed by atoms with Gasteiger partial charge in [-0.25, -0.2) is 4.79 Å². The number of rotatable bonds is 5. The van der Waals surface area contributed by atoms with Crippen LogP contribution in [-0.4, -0.2) is 33.7 Å². The lowest BCUT2D eigenvalue weighted by atomic mass is 9.91. The highest BCUT2D eigenvalue weighted by molar-refractivity contribution is 6.32. The zero-order chi connectivity index (χ0) is 25.1. The monoisotopic (exact) mass is 502 g/mol. The van der Waals surface area contributed by atoms with Gasteiger partial charge in [0.1, 0.15) is 23.0 Å². The maximum Gasteiger partial charge on any atom is 0.336 e. The van der Waals surface area contributed by atoms with Crippen molar-refractivity contribution < 1.29 is 29.3 Å². The smallest absolute Gasteiger partial charge is 0.336 e. The van der Waals surface area contributed by atoms with Crippen molar-refractivity contribution in [2.75, 3.05) is 0 Å². The predicted octanol–water partition coefficient (Wildman–Crippen LogP) is 5.47. The molecular weight excluding hydrogens is 484 g/mol. The molecule has 6 rings (SSSR count). The first-order chi connectivity index (χ1) is 17.3. The molecule has 0 radical (unpaired) electrons. The van der Waals surface area contributed by atoms with E-state index in [0.717, 1.165) is 0 Å². The summed E-state index contributed by atoms with van der Waals surface area (Å²) < 4.78 is 11.3. The van der Waals surface area contributed by atoms with E-state index in [0.29, 0.717) is 62.2 Å². The molecule has 1 aromatic heterocycles. The zero-order valence-corrected chi connectivity index (χ0v) is 19.5. The van der Waals surface area contributed by atoms with Gasteiger partial charge in [0.15, 0.2) is 11.7 Å². The Morgan fingerprint density at radius 3 is 2.53 bits per heavy atom. The lowest BCUT2D eigenvalue weighted by molar-refractivity contribution is 0.0697. The van der Waals surface area contributed by atoms with Crippen LogP contribution in [0.3, 0.4) is 0 Å². The van der Waals surface area contributed by atoms with Crippen molar-refractivity contribution in [2.45, 2.75) is 25.2 Å². The third-order valence-corrected chi connectivity index (χ3v) is 6.93. The number of benzene rings is 4. The molecule has 180 valence electrons. The molecule has 3 N–H and O–H groups in total. The molecule has 0 amide bonds. The van der Waals surface area contributed by atoms with Gasteiger partial charge in [-0.15, -0.1) is 0 Å². The fourth-order valence-electron chi connectivity index (χ4n) is 4.77. The number of carboxylic acids is 1. The summed E-state index contributed by atoms with van der Waals surface area (Å²) in [7, 11) is 0. The third kappa shape index (κ3) is 3.69. The summed E-state index contributed by atoms with van der Waals surface area (Å²) in [5, 5.41) is 32.7. The number of aliphatic hydroxyl groups excluding tert-OH is 1. The van der Waals surface area contributed by atoms with Gasteiger partial charge in [-0.05, 0) is 59.7 Å². The van der Waals surface area contributed by atoms with Crippen molar-refractivity contribution in [1.29, 1.82) is 0 Å². The first-order valence-corrected chi connectivity index (χ1v) is 11.7. The van der Waals surface area contributed by atoms with Crippen molar-refractivity contribution in [3.63, 3.8) is 0 Å². The Morgan fingerprint density at radius 1 is 1.00 bits per heavy atom. The van der Waals surface area contributed by atoms with E-state index >= 15 is 0 Å². The molecule has 0 spiro atoms. The van der Waals surface area contributed by atoms with E-state index in [9.17, 15) is 24.9 Å². The third-order valence-electron chi connectivity index (χ3n) is 6.64. The van der Waals surface area contributed by atoms with Crippen molar-refractivity contribution in [1.82, 2.24) is 0 Å². The minimum absolute atomic E-state index is 0.0123. The van der Waals surface area contributed by atoms with Crippen LogP contribution in [0.5, 0.6) is 5.75 Å². The summed E-state index contributed by atoms with van der Waals surface area (Å²) in [5.74, 6) is -1.07. The van der Waals surface area contributed by atoms with Crippen molar-refractivity contribution in [2.24, 2.45) is 0 Å². The van der Waals surface area contributed by atoms with Crippen LogP contribution in [0.4, 0.5) is 0 Å². The van der Waals surface area contributed by atoms with Crippen LogP contribution in [0, 0.1) is 0 Å². The largest absolute Gasteiger partial charge is 0.508 e. The number of hydrogen-bond acceptors (Lipinski definition) is 6. The molecular formula is C28H19ClO7. The molecule has 2 atom stereocenters. The van der Waals surface area contributed by atoms with Crippen LogP contribution >= 0.6 is 11.6 Å². The zero-order valence-electron chi connectivity index (χ0n) is 18.7. The van der Waals surface area contributed by atoms with E-state index in [1.807, 2.05) is 0 Å². The number of aryl methyl sites for hydroxylation is 1. The van der Waals surface area contributed by atoms with Gasteiger partial charge in [0.05, 0.1) is 10.6 Å². The Bertz CT molecular complexity index is 1770. The predicted molar refractivity (Wildman–Crippen MR) is 136 cm³/mol. The van der Waals surface area contributed by atoms with Crippen LogP contribution in [0.1, 0.15) is 22.3 Å². The fraction of sp³-hybridized carbons (Fsp3) is 0.143. The Kier molecular flexibility index (Phi) is 5.22. The molecule has 1 aliphatic heterocycles. The van der Waals surface area contributed by atoms with E-state index in [1.165, 1.54) is 18.2 Å². The summed E-state index contributed by atoms with van der Waals surface area (Å²) in [6.07, 6.45) is -0.0803. The summed E-state index contributed by atoms with van der Waals surface area (Å²) in [6.45, 7) is 0. The molecule has 1 aliphatic rings. The van der Waals surface area contributed by atoms with Gasteiger partial charge >= 0.3 is 5.97 Å². The Hall–Kier alpha value is -3.91. The number of carboxylic acid groups (broad SMARTS) is 1. The Balaban J connectivity index is 1.71. The average molecular weight is 503 g/mol. The maximum absolute atomic E-state index is 12.1. The molecule has 36 heavy (non-hydrogen) atoms. The number of aromatic hydroxyl groups is 1. The van der Waals surface area contributed by atoms with E-state index in [-0.39, 0.29) is 27.9 Å². The van der Waals surface area contributed by atoms with Crippen molar-refractivity contribution in [3.8, 4) is 16.9 Å². The number of hydrogen-bond donors (Lipinski definition) is 3. The van der Waals surface area contributed by atoms with Gasteiger partial charge in [-0.2, -0.15) is 0 Å². The lowest BCUT2D eigenvalue weighted by Crippen LogP contribution is -2.01. The Morgan fingerprint density at radius 2 is 1.78 bits per heavy atom. The summed E-state index contributed by atoms with van der Waals surface area (Å²) >= 11 is 6.15. The second-order valence-electron chi connectivity index (χ2n) is 8.85. The second-order valence-corrected chi connectivity index (χ2v) is 9.26. The number of phenols is 1. The van der Waals surface area contributed by atoms with Crippen LogP contribution in [-0.2, 0) is 11.2 Å². The quantitative estimate of drug-likeness (QED) is 0.165. The normalized spacial score (nSPS) is 17.2. The van der Waals surface area contributed by atoms with Crippen LogP contribution < -0.4 is 5.43 Å². The molecule has 0 bridgehead atoms. The maximum atomic E-state index is 12.1. The summed E-state index contributed by atoms with van der Waals surface area (Å²) in [5.41, 5.74) is 2.29. The van der Waals surface area contributed by atoms with Crippen LogP contribution in [0.15, 0.2) is 69.9 Å². The highest BCUT2D eigenvalue weighted by Gasteiger charge is 2.36. The SMILES string of the molecule is O=C(O)c1ccccc1-c1c2cc(CCC3OC3O)c(O)cc2oc2c1ccc1cc(=O)c(Cl)cc12. The average Bonchev–Trinajstić information content (AvgIpc) is 3.57. The molecule has 2 heterocycles. The van der Waals surface area contributed by atoms with Gasteiger partial charge < -0.3 is 24.5 Å². The summed E-state index contributed by atoms with van der Waals surface area (Å²) in [4.78, 5) is 24.3. The van der Waals surface area contributed by atoms with E-state index in [4.69, 9.17) is 20.8 Å². The van der Waals surface area contributed by atoms with Gasteiger partial charge in [0.25, 0.3) is 0 Å². The molecule has 4 aromatic carbocycles. The standard InChI is InChI=1S/C28H19ClO7/c29-20-11-18-13(10-22(20)31)5-7-17-25(15-3-1-2-4-16(15)27(32)33)19-9-14(6-8-23-28(34)36-23)21(30)12-24(19)35-26(17)18/h1-5,7,9-12,23,28,30,34H,6,8H2,(H,32,33). The van der Waals surface area contributed by atoms with Crippen molar-refractivity contribution in [3.05, 3.63) is 87.0 Å². The molecule has 0 saturated carbocycles. The minimum Gasteiger partial charge on any atom is -0.508 e. The van der Waals surface area contributed by atoms with Crippen LogP contribution in [0.25, 0.3) is 43.8 Å². The number of fused-ring (bicyclic) bond motifs is 4. The van der Waals surface area contributed by atoms with Gasteiger partial charge in [0.2, 0.25) is 0 Å². The van der Waals surface area contributed by atoms with Gasteiger partial charge in [-0.1, -0.05) is 35.9 Å². The molecule has 7 nitrogen and oxygen atoms in total. The molecule has 2 unspecified atom stereocenters. The molecule has 8 heteroatoms. The van der Waals surface area contributed by atoms with Gasteiger partial charge in [0, 0.05) is 27.8 Å². The number of aromatic carboxylic acids is 1. The number of phenolic OH excluding ortho intramolecular Hbond substituents is 1. The lowest BCUT2D eigenvalue weighted by Gasteiger charge is -2.16. The topological polar surface area (TPSA) is 120 Å². The highest BCUT2D eigenvalue weighted by Crippen LogP contribution is 2.42. The minimum atomic E-state index is -1.08. The number of carbonyl (C=O) groups is 1. The molecule has 0 aliphatic carbocycles. The first kappa shape index (κ1) is 22.5.